The second-order valence-corrected chi connectivity index (χ2v) is 5.50. The second kappa shape index (κ2) is 6.99. The fraction of sp³-hybridized carbons (Fsp3) is 0.583. The summed E-state index contributed by atoms with van der Waals surface area (Å²) in [5.41, 5.74) is 6.03. The second-order valence-electron chi connectivity index (χ2n) is 4.03. The Kier molecular flexibility index (Phi) is 5.95. The summed E-state index contributed by atoms with van der Waals surface area (Å²) < 4.78 is 0. The molecule has 0 aliphatic heterocycles. The van der Waals surface area contributed by atoms with Crippen molar-refractivity contribution in [2.24, 2.45) is 11.7 Å². The van der Waals surface area contributed by atoms with E-state index in [9.17, 15) is 0 Å². The molecule has 0 bridgehead atoms. The summed E-state index contributed by atoms with van der Waals surface area (Å²) in [5, 5.41) is 5.34. The molecule has 0 saturated carbocycles. The molecule has 1 aromatic rings. The minimum absolute atomic E-state index is 0.0108. The van der Waals surface area contributed by atoms with Crippen LogP contribution >= 0.6 is 23.6 Å². The van der Waals surface area contributed by atoms with Gasteiger partial charge in [-0.05, 0) is 23.8 Å². The smallest absolute Gasteiger partial charge is 0.0926 e. The normalized spacial score (nSPS) is 14.4. The zero-order valence-electron chi connectivity index (χ0n) is 9.90. The number of nitrogens with one attached hydrogen (secondary N) is 1. The first-order valence-corrected chi connectivity index (χ1v) is 6.99. The quantitative estimate of drug-likeness (QED) is 0.768. The summed E-state index contributed by atoms with van der Waals surface area (Å²) in [6, 6.07) is 4.20. The summed E-state index contributed by atoms with van der Waals surface area (Å²) in [6.45, 7) is 5.15. The van der Waals surface area contributed by atoms with E-state index in [4.69, 9.17) is 18.0 Å². The number of hydrogen-bond donors (Lipinski definition) is 2. The summed E-state index contributed by atoms with van der Waals surface area (Å²) in [6.07, 6.45) is 2.08. The maximum atomic E-state index is 6.03. The van der Waals surface area contributed by atoms with E-state index >= 15 is 0 Å². The van der Waals surface area contributed by atoms with Gasteiger partial charge in [0.15, 0.2) is 0 Å². The Morgan fingerprint density at radius 2 is 2.38 bits per heavy atom. The van der Waals surface area contributed by atoms with Gasteiger partial charge in [0.1, 0.15) is 0 Å². The van der Waals surface area contributed by atoms with Crippen LogP contribution < -0.4 is 11.1 Å². The van der Waals surface area contributed by atoms with Crippen LogP contribution in [0, 0.1) is 5.92 Å². The summed E-state index contributed by atoms with van der Waals surface area (Å²) in [4.78, 5) is 2.18. The monoisotopic (exact) mass is 256 g/mol. The largest absolute Gasteiger partial charge is 0.378 e. The standard InChI is InChI=1S/C12H20N2S2/c1-3-9(2)11(13)12(15)14-7-6-10-5-4-8-16-10/h4-5,8-9,11H,3,6-7,13H2,1-2H3,(H,14,15)/t9?,11-/m0/s1. The van der Waals surface area contributed by atoms with Gasteiger partial charge in [0, 0.05) is 11.4 Å². The van der Waals surface area contributed by atoms with Crippen LogP contribution in [0.1, 0.15) is 25.1 Å². The molecule has 1 rings (SSSR count). The van der Waals surface area contributed by atoms with Gasteiger partial charge in [0.25, 0.3) is 0 Å². The van der Waals surface area contributed by atoms with Crippen LogP contribution in [0.25, 0.3) is 0 Å². The highest BCUT2D eigenvalue weighted by Gasteiger charge is 2.15. The average Bonchev–Trinajstić information content (AvgIpc) is 2.79. The molecule has 16 heavy (non-hydrogen) atoms. The molecule has 0 aliphatic rings. The van der Waals surface area contributed by atoms with E-state index < -0.39 is 0 Å². The minimum atomic E-state index is -0.0108. The molecule has 0 radical (unpaired) electrons. The van der Waals surface area contributed by atoms with E-state index in [0.717, 1.165) is 24.4 Å². The molecule has 4 heteroatoms. The van der Waals surface area contributed by atoms with Crippen molar-refractivity contribution in [3.05, 3.63) is 22.4 Å². The fourth-order valence-corrected chi connectivity index (χ4v) is 2.44. The van der Waals surface area contributed by atoms with Crippen LogP contribution in [0.5, 0.6) is 0 Å². The van der Waals surface area contributed by atoms with Crippen LogP contribution in [0.2, 0.25) is 0 Å². The van der Waals surface area contributed by atoms with Gasteiger partial charge in [-0.2, -0.15) is 0 Å². The van der Waals surface area contributed by atoms with Crippen LogP contribution in [0.3, 0.4) is 0 Å². The van der Waals surface area contributed by atoms with Gasteiger partial charge < -0.3 is 11.1 Å². The molecule has 90 valence electrons. The molecule has 0 saturated heterocycles. The summed E-state index contributed by atoms with van der Waals surface area (Å²) >= 11 is 7.06. The lowest BCUT2D eigenvalue weighted by Gasteiger charge is -2.20. The highest BCUT2D eigenvalue weighted by molar-refractivity contribution is 7.80. The highest BCUT2D eigenvalue weighted by Crippen LogP contribution is 2.09. The van der Waals surface area contributed by atoms with E-state index in [1.807, 2.05) is 0 Å². The van der Waals surface area contributed by atoms with Gasteiger partial charge >= 0.3 is 0 Å². The van der Waals surface area contributed by atoms with Gasteiger partial charge in [-0.3, -0.25) is 0 Å². The molecule has 1 heterocycles. The zero-order valence-corrected chi connectivity index (χ0v) is 11.5. The van der Waals surface area contributed by atoms with Crippen molar-refractivity contribution in [1.29, 1.82) is 0 Å². The topological polar surface area (TPSA) is 38.0 Å². The first kappa shape index (κ1) is 13.6. The van der Waals surface area contributed by atoms with Gasteiger partial charge in [0.2, 0.25) is 0 Å². The van der Waals surface area contributed by atoms with Crippen LogP contribution in [-0.2, 0) is 6.42 Å². The van der Waals surface area contributed by atoms with E-state index in [0.29, 0.717) is 5.92 Å². The van der Waals surface area contributed by atoms with Crippen LogP contribution in [0.4, 0.5) is 0 Å². The SMILES string of the molecule is CCC(C)[C@H](N)C(=S)NCCc1cccs1. The van der Waals surface area contributed by atoms with Crippen molar-refractivity contribution < 1.29 is 0 Å². The first-order valence-electron chi connectivity index (χ1n) is 5.70. The predicted molar refractivity (Wildman–Crippen MR) is 76.1 cm³/mol. The Balaban J connectivity index is 2.24. The molecule has 2 atom stereocenters. The van der Waals surface area contributed by atoms with Crippen molar-refractivity contribution in [3.63, 3.8) is 0 Å². The third-order valence-electron chi connectivity index (χ3n) is 2.81. The van der Waals surface area contributed by atoms with Gasteiger partial charge in [0.05, 0.1) is 11.0 Å². The molecule has 1 unspecified atom stereocenters. The van der Waals surface area contributed by atoms with E-state index in [2.05, 4.69) is 36.7 Å². The van der Waals surface area contributed by atoms with E-state index in [1.54, 1.807) is 11.3 Å². The lowest BCUT2D eigenvalue weighted by Crippen LogP contribution is -2.43. The number of thiocarbonyl (C=S) groups is 1. The Labute approximate surface area is 107 Å². The lowest BCUT2D eigenvalue weighted by molar-refractivity contribution is 0.517. The first-order chi connectivity index (χ1) is 7.65. The molecule has 0 aromatic carbocycles. The summed E-state index contributed by atoms with van der Waals surface area (Å²) in [7, 11) is 0. The Morgan fingerprint density at radius 3 is 2.94 bits per heavy atom. The van der Waals surface area contributed by atoms with E-state index in [-0.39, 0.29) is 6.04 Å². The van der Waals surface area contributed by atoms with Gasteiger partial charge in [-0.25, -0.2) is 0 Å². The molecule has 2 nitrogen and oxygen atoms in total. The van der Waals surface area contributed by atoms with Gasteiger partial charge in [-0.1, -0.05) is 38.6 Å². The third-order valence-corrected chi connectivity index (χ3v) is 4.16. The number of nitrogens with two attached hydrogens (primary N) is 1. The number of hydrogen-bond acceptors (Lipinski definition) is 3. The number of rotatable bonds is 6. The lowest BCUT2D eigenvalue weighted by atomic mass is 10.00. The van der Waals surface area contributed by atoms with Crippen LogP contribution in [-0.4, -0.2) is 17.6 Å². The van der Waals surface area contributed by atoms with Crippen molar-refractivity contribution in [1.82, 2.24) is 5.32 Å². The van der Waals surface area contributed by atoms with Crippen LogP contribution in [0.15, 0.2) is 17.5 Å². The number of thiophene rings is 1. The molecule has 0 aliphatic carbocycles. The van der Waals surface area contributed by atoms with Crippen molar-refractivity contribution >= 4 is 28.5 Å². The summed E-state index contributed by atoms with van der Waals surface area (Å²) in [5.74, 6) is 0.446. The predicted octanol–water partition coefficient (Wildman–Crippen LogP) is 2.58. The molecule has 0 spiro atoms. The third kappa shape index (κ3) is 4.20. The van der Waals surface area contributed by atoms with Crippen molar-refractivity contribution in [3.8, 4) is 0 Å². The van der Waals surface area contributed by atoms with Crippen molar-refractivity contribution in [2.75, 3.05) is 6.54 Å². The van der Waals surface area contributed by atoms with Crippen molar-refractivity contribution in [2.45, 2.75) is 32.7 Å². The molecule has 3 N–H and O–H groups in total. The zero-order chi connectivity index (χ0) is 12.0. The highest BCUT2D eigenvalue weighted by atomic mass is 32.1. The molecule has 0 amide bonds. The average molecular weight is 256 g/mol. The van der Waals surface area contributed by atoms with E-state index in [1.165, 1.54) is 4.88 Å². The Bertz CT molecular complexity index is 309. The van der Waals surface area contributed by atoms with Gasteiger partial charge in [-0.15, -0.1) is 11.3 Å². The molecular weight excluding hydrogens is 236 g/mol. The fourth-order valence-electron chi connectivity index (χ4n) is 1.39. The maximum Gasteiger partial charge on any atom is 0.0926 e. The minimum Gasteiger partial charge on any atom is -0.378 e. The Hall–Kier alpha value is -0.450. The molecule has 0 fully saturated rings. The maximum absolute atomic E-state index is 6.03. The molecule has 1 aromatic heterocycles. The molecular formula is C12H20N2S2. The Morgan fingerprint density at radius 1 is 1.62 bits per heavy atom.